The number of methoxy groups -OCH3 is 2. The number of carbonyl (C=O) groups is 1. The Kier molecular flexibility index (Phi) is 4.34. The lowest BCUT2D eigenvalue weighted by atomic mass is 9.88. The molecule has 1 aliphatic heterocycles. The molecule has 5 heteroatoms. The van der Waals surface area contributed by atoms with Crippen LogP contribution in [-0.4, -0.2) is 26.8 Å². The van der Waals surface area contributed by atoms with Gasteiger partial charge in [-0.2, -0.15) is 0 Å². The molecule has 0 bridgehead atoms. The maximum atomic E-state index is 12.5. The van der Waals surface area contributed by atoms with E-state index in [2.05, 4.69) is 11.4 Å². The molecule has 2 aromatic rings. The number of ether oxygens (including phenoxy) is 3. The molecule has 1 heterocycles. The Bertz CT molecular complexity index is 785. The standard InChI is InChI=1S/C19H21NO4/c1-5-24-19(21)18-17-14(9-12(22-3)10-16(17)23-4)13-8-11(2)6-7-15(13)20-18/h6-10,18,20H,5H2,1-4H3. The van der Waals surface area contributed by atoms with Crippen molar-refractivity contribution in [1.82, 2.24) is 0 Å². The Morgan fingerprint density at radius 1 is 1.12 bits per heavy atom. The van der Waals surface area contributed by atoms with Crippen LogP contribution in [0, 0.1) is 6.92 Å². The van der Waals surface area contributed by atoms with Gasteiger partial charge >= 0.3 is 5.97 Å². The lowest BCUT2D eigenvalue weighted by Gasteiger charge is -2.30. The lowest BCUT2D eigenvalue weighted by molar-refractivity contribution is -0.144. The van der Waals surface area contributed by atoms with Crippen LogP contribution in [0.25, 0.3) is 11.1 Å². The van der Waals surface area contributed by atoms with Crippen molar-refractivity contribution in [2.24, 2.45) is 0 Å². The minimum Gasteiger partial charge on any atom is -0.497 e. The summed E-state index contributed by atoms with van der Waals surface area (Å²) in [7, 11) is 3.20. The van der Waals surface area contributed by atoms with E-state index in [1.807, 2.05) is 25.1 Å². The van der Waals surface area contributed by atoms with Crippen molar-refractivity contribution in [2.45, 2.75) is 19.9 Å². The zero-order chi connectivity index (χ0) is 17.3. The van der Waals surface area contributed by atoms with Crippen LogP contribution in [0.4, 0.5) is 5.69 Å². The Balaban J connectivity index is 2.26. The van der Waals surface area contributed by atoms with Gasteiger partial charge in [-0.3, -0.25) is 0 Å². The van der Waals surface area contributed by atoms with Crippen LogP contribution in [0.5, 0.6) is 11.5 Å². The Hall–Kier alpha value is -2.69. The van der Waals surface area contributed by atoms with Gasteiger partial charge in [-0.25, -0.2) is 4.79 Å². The summed E-state index contributed by atoms with van der Waals surface area (Å²) >= 11 is 0. The molecule has 2 aromatic carbocycles. The van der Waals surface area contributed by atoms with E-state index >= 15 is 0 Å². The third kappa shape index (κ3) is 2.66. The van der Waals surface area contributed by atoms with Gasteiger partial charge in [0, 0.05) is 22.9 Å². The highest BCUT2D eigenvalue weighted by Gasteiger charge is 2.34. The van der Waals surface area contributed by atoms with Crippen molar-refractivity contribution in [3.05, 3.63) is 41.5 Å². The monoisotopic (exact) mass is 327 g/mol. The maximum absolute atomic E-state index is 12.5. The summed E-state index contributed by atoms with van der Waals surface area (Å²) in [5.74, 6) is 0.957. The van der Waals surface area contributed by atoms with E-state index in [9.17, 15) is 4.79 Å². The molecule has 5 nitrogen and oxygen atoms in total. The van der Waals surface area contributed by atoms with Gasteiger partial charge in [0.2, 0.25) is 0 Å². The SMILES string of the molecule is CCOC(=O)C1Nc2ccc(C)cc2-c2cc(OC)cc(OC)c21. The molecule has 0 aliphatic carbocycles. The van der Waals surface area contributed by atoms with Gasteiger partial charge in [0.25, 0.3) is 0 Å². The molecule has 0 aromatic heterocycles. The summed E-state index contributed by atoms with van der Waals surface area (Å²) in [5.41, 5.74) is 4.73. The normalized spacial score (nSPS) is 14.9. The second-order valence-electron chi connectivity index (χ2n) is 5.67. The number of anilines is 1. The molecule has 0 fully saturated rings. The van der Waals surface area contributed by atoms with Crippen molar-refractivity contribution in [1.29, 1.82) is 0 Å². The second-order valence-corrected chi connectivity index (χ2v) is 5.67. The quantitative estimate of drug-likeness (QED) is 0.868. The fourth-order valence-corrected chi connectivity index (χ4v) is 3.05. The number of esters is 1. The van der Waals surface area contributed by atoms with Gasteiger partial charge in [0.1, 0.15) is 11.5 Å². The molecule has 1 atom stereocenters. The topological polar surface area (TPSA) is 56.8 Å². The number of fused-ring (bicyclic) bond motifs is 3. The highest BCUT2D eigenvalue weighted by molar-refractivity contribution is 5.94. The zero-order valence-corrected chi connectivity index (χ0v) is 14.3. The van der Waals surface area contributed by atoms with Crippen LogP contribution in [0.3, 0.4) is 0 Å². The van der Waals surface area contributed by atoms with Crippen LogP contribution in [0.15, 0.2) is 30.3 Å². The van der Waals surface area contributed by atoms with Crippen molar-refractivity contribution in [3.8, 4) is 22.6 Å². The van der Waals surface area contributed by atoms with E-state index in [1.54, 1.807) is 27.2 Å². The summed E-state index contributed by atoms with van der Waals surface area (Å²) < 4.78 is 16.2. The van der Waals surface area contributed by atoms with Gasteiger partial charge in [0.05, 0.1) is 20.8 Å². The van der Waals surface area contributed by atoms with E-state index in [4.69, 9.17) is 14.2 Å². The van der Waals surface area contributed by atoms with Crippen molar-refractivity contribution in [3.63, 3.8) is 0 Å². The average Bonchev–Trinajstić information content (AvgIpc) is 2.60. The molecule has 0 amide bonds. The van der Waals surface area contributed by atoms with Crippen molar-refractivity contribution >= 4 is 11.7 Å². The number of nitrogens with one attached hydrogen (secondary N) is 1. The van der Waals surface area contributed by atoms with E-state index in [1.165, 1.54) is 0 Å². The van der Waals surface area contributed by atoms with Crippen LogP contribution in [-0.2, 0) is 9.53 Å². The molecular formula is C19H21NO4. The molecule has 0 saturated carbocycles. The number of hydrogen-bond acceptors (Lipinski definition) is 5. The molecule has 0 spiro atoms. The fraction of sp³-hybridized carbons (Fsp3) is 0.316. The third-order valence-electron chi connectivity index (χ3n) is 4.15. The molecule has 1 aliphatic rings. The Morgan fingerprint density at radius 3 is 2.58 bits per heavy atom. The van der Waals surface area contributed by atoms with Gasteiger partial charge in [-0.15, -0.1) is 0 Å². The number of carbonyl (C=O) groups excluding carboxylic acids is 1. The average molecular weight is 327 g/mol. The van der Waals surface area contributed by atoms with Crippen molar-refractivity contribution in [2.75, 3.05) is 26.1 Å². The molecule has 1 N–H and O–H groups in total. The minimum absolute atomic E-state index is 0.325. The summed E-state index contributed by atoms with van der Waals surface area (Å²) in [6, 6.07) is 9.18. The first kappa shape index (κ1) is 16.2. The van der Waals surface area contributed by atoms with Gasteiger partial charge in [-0.05, 0) is 37.6 Å². The summed E-state index contributed by atoms with van der Waals surface area (Å²) in [6.07, 6.45) is 0. The molecule has 1 unspecified atom stereocenters. The van der Waals surface area contributed by atoms with E-state index in [0.717, 1.165) is 27.9 Å². The van der Waals surface area contributed by atoms with Gasteiger partial charge in [-0.1, -0.05) is 11.6 Å². The summed E-state index contributed by atoms with van der Waals surface area (Å²) in [6.45, 7) is 4.16. The Labute approximate surface area is 141 Å². The smallest absolute Gasteiger partial charge is 0.333 e. The largest absolute Gasteiger partial charge is 0.497 e. The summed E-state index contributed by atoms with van der Waals surface area (Å²) in [4.78, 5) is 12.5. The minimum atomic E-state index is -0.615. The zero-order valence-electron chi connectivity index (χ0n) is 14.3. The summed E-state index contributed by atoms with van der Waals surface area (Å²) in [5, 5.41) is 3.28. The second kappa shape index (κ2) is 6.43. The molecule has 0 saturated heterocycles. The van der Waals surface area contributed by atoms with E-state index < -0.39 is 6.04 Å². The first-order valence-electron chi connectivity index (χ1n) is 7.89. The predicted octanol–water partition coefficient (Wildman–Crippen LogP) is 3.71. The van der Waals surface area contributed by atoms with E-state index in [0.29, 0.717) is 18.1 Å². The molecule has 24 heavy (non-hydrogen) atoms. The molecular weight excluding hydrogens is 306 g/mol. The number of hydrogen-bond donors (Lipinski definition) is 1. The van der Waals surface area contributed by atoms with Gasteiger partial charge < -0.3 is 19.5 Å². The van der Waals surface area contributed by atoms with Crippen LogP contribution < -0.4 is 14.8 Å². The van der Waals surface area contributed by atoms with Crippen LogP contribution >= 0.6 is 0 Å². The first-order chi connectivity index (χ1) is 11.6. The highest BCUT2D eigenvalue weighted by atomic mass is 16.5. The fourth-order valence-electron chi connectivity index (χ4n) is 3.05. The lowest BCUT2D eigenvalue weighted by Crippen LogP contribution is -2.27. The van der Waals surface area contributed by atoms with E-state index in [-0.39, 0.29) is 5.97 Å². The van der Waals surface area contributed by atoms with Gasteiger partial charge in [0.15, 0.2) is 6.04 Å². The van der Waals surface area contributed by atoms with Crippen molar-refractivity contribution < 1.29 is 19.0 Å². The number of benzene rings is 2. The van der Waals surface area contributed by atoms with Crippen LogP contribution in [0.2, 0.25) is 0 Å². The highest BCUT2D eigenvalue weighted by Crippen LogP contribution is 2.47. The molecule has 3 rings (SSSR count). The molecule has 0 radical (unpaired) electrons. The predicted molar refractivity (Wildman–Crippen MR) is 92.7 cm³/mol. The third-order valence-corrected chi connectivity index (χ3v) is 4.15. The Morgan fingerprint density at radius 2 is 1.92 bits per heavy atom. The number of rotatable bonds is 4. The maximum Gasteiger partial charge on any atom is 0.333 e. The molecule has 126 valence electrons. The first-order valence-corrected chi connectivity index (χ1v) is 7.89. The van der Waals surface area contributed by atoms with Crippen LogP contribution in [0.1, 0.15) is 24.1 Å². The number of aryl methyl sites for hydroxylation is 1.